The zero-order chi connectivity index (χ0) is 19.3. The number of hydrogen-bond acceptors (Lipinski definition) is 6. The summed E-state index contributed by atoms with van der Waals surface area (Å²) < 4.78 is 17.7. The van der Waals surface area contributed by atoms with Crippen molar-refractivity contribution in [2.24, 2.45) is 11.8 Å². The number of rotatable bonds is 7. The molecule has 7 nitrogen and oxygen atoms in total. The first-order valence-electron chi connectivity index (χ1n) is 9.06. The third-order valence-electron chi connectivity index (χ3n) is 4.81. The molecule has 2 fully saturated rings. The lowest BCUT2D eigenvalue weighted by atomic mass is 10.0. The van der Waals surface area contributed by atoms with Crippen LogP contribution in [0, 0.1) is 11.8 Å². The summed E-state index contributed by atoms with van der Waals surface area (Å²) in [5.41, 5.74) is 0. The molecule has 1 N–H and O–H groups in total. The van der Waals surface area contributed by atoms with Crippen molar-refractivity contribution in [2.75, 3.05) is 39.8 Å². The molecule has 0 spiro atoms. The molecule has 0 bridgehead atoms. The van der Waals surface area contributed by atoms with E-state index in [1.807, 2.05) is 18.7 Å². The molecule has 2 aliphatic heterocycles. The highest BCUT2D eigenvalue weighted by molar-refractivity contribution is 5.90. The fraction of sp³-hybridized carbons (Fsp3) is 0.722. The summed E-state index contributed by atoms with van der Waals surface area (Å²) in [4.78, 5) is 39.4. The highest BCUT2D eigenvalue weighted by atomic mass is 19.1. The average molecular weight is 369 g/mol. The summed E-state index contributed by atoms with van der Waals surface area (Å²) in [5, 5.41) is 2.86. The normalized spacial score (nSPS) is 22.7. The second kappa shape index (κ2) is 9.23. The molecule has 0 saturated carbocycles. The fourth-order valence-electron chi connectivity index (χ4n) is 3.17. The number of nitrogens with one attached hydrogen (secondary N) is 1. The highest BCUT2D eigenvalue weighted by Gasteiger charge is 2.33. The summed E-state index contributed by atoms with van der Waals surface area (Å²) in [6.45, 7) is 5.81. The third kappa shape index (κ3) is 5.35. The van der Waals surface area contributed by atoms with Crippen molar-refractivity contribution in [3.05, 3.63) is 12.2 Å². The lowest BCUT2D eigenvalue weighted by Crippen LogP contribution is -2.50. The molecule has 1 amide bonds. The molecular weight excluding hydrogens is 341 g/mol. The molecule has 2 heterocycles. The van der Waals surface area contributed by atoms with Crippen molar-refractivity contribution in [1.82, 2.24) is 15.1 Å². The summed E-state index contributed by atoms with van der Waals surface area (Å²) in [6.07, 6.45) is 2.89. The van der Waals surface area contributed by atoms with Gasteiger partial charge in [0, 0.05) is 19.2 Å². The van der Waals surface area contributed by atoms with Gasteiger partial charge in [-0.25, -0.2) is 9.18 Å². The van der Waals surface area contributed by atoms with Gasteiger partial charge in [0.15, 0.2) is 0 Å². The largest absolute Gasteiger partial charge is 0.392 e. The predicted octanol–water partition coefficient (Wildman–Crippen LogP) is 0.359. The van der Waals surface area contributed by atoms with E-state index in [0.29, 0.717) is 26.1 Å². The maximum atomic E-state index is 12.7. The average Bonchev–Trinajstić information content (AvgIpc) is 3.01. The van der Waals surface area contributed by atoms with E-state index in [0.717, 1.165) is 0 Å². The zero-order valence-corrected chi connectivity index (χ0v) is 15.6. The number of ether oxygens (including phenoxy) is 1. The summed E-state index contributed by atoms with van der Waals surface area (Å²) in [6, 6.07) is -0.504. The summed E-state index contributed by atoms with van der Waals surface area (Å²) in [5.74, 6) is -1.53. The lowest BCUT2D eigenvalue weighted by Gasteiger charge is -2.33. The molecular formula is C18H28FN3O4. The predicted molar refractivity (Wildman–Crippen MR) is 93.9 cm³/mol. The van der Waals surface area contributed by atoms with Gasteiger partial charge in [-0.1, -0.05) is 19.9 Å². The lowest BCUT2D eigenvalue weighted by molar-refractivity contribution is -0.164. The Morgan fingerprint density at radius 1 is 1.27 bits per heavy atom. The standard InChI is InChI=1S/C18H28FN3O4/c1-12(2)16(20-3)18(25)26-17(24)13-6-8-21(9-13)7-4-5-15(23)22-10-14(19)11-22/h4-5,12-14,16,20H,6-11H2,1-3H3/b5-4+/t13-,16-/m0/s1. The quantitative estimate of drug-likeness (QED) is 0.397. The van der Waals surface area contributed by atoms with E-state index < -0.39 is 24.2 Å². The van der Waals surface area contributed by atoms with E-state index in [2.05, 4.69) is 5.32 Å². The van der Waals surface area contributed by atoms with Gasteiger partial charge in [0.25, 0.3) is 0 Å². The van der Waals surface area contributed by atoms with Crippen LogP contribution in [0.5, 0.6) is 0 Å². The third-order valence-corrected chi connectivity index (χ3v) is 4.81. The second-order valence-corrected chi connectivity index (χ2v) is 7.24. The Kier molecular flexibility index (Phi) is 7.28. The van der Waals surface area contributed by atoms with Crippen LogP contribution in [0.25, 0.3) is 0 Å². The summed E-state index contributed by atoms with van der Waals surface area (Å²) >= 11 is 0. The van der Waals surface area contributed by atoms with Crippen LogP contribution < -0.4 is 5.32 Å². The minimum Gasteiger partial charge on any atom is -0.392 e. The van der Waals surface area contributed by atoms with Crippen molar-refractivity contribution in [1.29, 1.82) is 0 Å². The first-order chi connectivity index (χ1) is 12.3. The number of hydrogen-bond donors (Lipinski definition) is 1. The maximum Gasteiger partial charge on any atom is 0.331 e. The van der Waals surface area contributed by atoms with Crippen LogP contribution in [0.15, 0.2) is 12.2 Å². The van der Waals surface area contributed by atoms with Gasteiger partial charge in [0.05, 0.1) is 19.0 Å². The van der Waals surface area contributed by atoms with Gasteiger partial charge < -0.3 is 15.0 Å². The fourth-order valence-corrected chi connectivity index (χ4v) is 3.17. The van der Waals surface area contributed by atoms with Gasteiger partial charge in [0.2, 0.25) is 5.91 Å². The Hall–Kier alpha value is -1.80. The Labute approximate surface area is 153 Å². The molecule has 2 saturated heterocycles. The van der Waals surface area contributed by atoms with Crippen LogP contribution in [-0.4, -0.2) is 79.6 Å². The maximum absolute atomic E-state index is 12.7. The number of alkyl halides is 1. The van der Waals surface area contributed by atoms with Crippen molar-refractivity contribution >= 4 is 17.8 Å². The van der Waals surface area contributed by atoms with Gasteiger partial charge >= 0.3 is 11.9 Å². The van der Waals surface area contributed by atoms with E-state index >= 15 is 0 Å². The Bertz CT molecular complexity index is 561. The van der Waals surface area contributed by atoms with Crippen LogP contribution >= 0.6 is 0 Å². The molecule has 2 rings (SSSR count). The number of carbonyl (C=O) groups excluding carboxylic acids is 3. The number of amides is 1. The second-order valence-electron chi connectivity index (χ2n) is 7.24. The molecule has 8 heteroatoms. The number of carbonyl (C=O) groups is 3. The van der Waals surface area contributed by atoms with E-state index in [4.69, 9.17) is 4.74 Å². The van der Waals surface area contributed by atoms with E-state index in [-0.39, 0.29) is 30.8 Å². The smallest absolute Gasteiger partial charge is 0.331 e. The van der Waals surface area contributed by atoms with Gasteiger partial charge in [-0.2, -0.15) is 0 Å². The van der Waals surface area contributed by atoms with Crippen molar-refractivity contribution in [2.45, 2.75) is 32.5 Å². The number of nitrogens with zero attached hydrogens (tertiary/aromatic N) is 2. The minimum absolute atomic E-state index is 0.0298. The molecule has 2 atom stereocenters. The van der Waals surface area contributed by atoms with Gasteiger partial charge in [0.1, 0.15) is 12.2 Å². The molecule has 0 aromatic rings. The van der Waals surface area contributed by atoms with Crippen LogP contribution in [0.3, 0.4) is 0 Å². The topological polar surface area (TPSA) is 79.0 Å². The van der Waals surface area contributed by atoms with Gasteiger partial charge in [-0.05, 0) is 25.9 Å². The number of likely N-dealkylation sites (N-methyl/N-ethyl adjacent to an activating group) is 1. The Balaban J connectivity index is 1.72. The van der Waals surface area contributed by atoms with E-state index in [9.17, 15) is 18.8 Å². The highest BCUT2D eigenvalue weighted by Crippen LogP contribution is 2.18. The van der Waals surface area contributed by atoms with E-state index in [1.165, 1.54) is 11.0 Å². The van der Waals surface area contributed by atoms with Crippen LogP contribution in [0.4, 0.5) is 4.39 Å². The molecule has 2 aliphatic rings. The first-order valence-corrected chi connectivity index (χ1v) is 9.06. The Morgan fingerprint density at radius 2 is 1.96 bits per heavy atom. The van der Waals surface area contributed by atoms with Crippen LogP contribution in [-0.2, 0) is 19.1 Å². The van der Waals surface area contributed by atoms with Crippen molar-refractivity contribution in [3.63, 3.8) is 0 Å². The number of likely N-dealkylation sites (tertiary alicyclic amines) is 2. The van der Waals surface area contributed by atoms with Crippen molar-refractivity contribution in [3.8, 4) is 0 Å². The van der Waals surface area contributed by atoms with Crippen LogP contribution in [0.1, 0.15) is 20.3 Å². The Morgan fingerprint density at radius 3 is 2.54 bits per heavy atom. The number of esters is 2. The zero-order valence-electron chi connectivity index (χ0n) is 15.6. The summed E-state index contributed by atoms with van der Waals surface area (Å²) in [7, 11) is 1.66. The molecule has 146 valence electrons. The molecule has 0 radical (unpaired) electrons. The van der Waals surface area contributed by atoms with E-state index in [1.54, 1.807) is 13.1 Å². The SMILES string of the molecule is CN[C@H](C(=O)OC(=O)[C@H]1CCN(C/C=C/C(=O)N2CC(F)C2)C1)C(C)C. The molecule has 0 aliphatic carbocycles. The molecule has 0 aromatic heterocycles. The minimum atomic E-state index is -0.904. The van der Waals surface area contributed by atoms with Crippen molar-refractivity contribution < 1.29 is 23.5 Å². The monoisotopic (exact) mass is 369 g/mol. The molecule has 26 heavy (non-hydrogen) atoms. The van der Waals surface area contributed by atoms with Gasteiger partial charge in [-0.15, -0.1) is 0 Å². The molecule has 0 aromatic carbocycles. The molecule has 0 unspecified atom stereocenters. The first kappa shape index (κ1) is 20.5. The number of halogens is 1. The van der Waals surface area contributed by atoms with Gasteiger partial charge in [-0.3, -0.25) is 14.5 Å². The van der Waals surface area contributed by atoms with Crippen LogP contribution in [0.2, 0.25) is 0 Å².